The summed E-state index contributed by atoms with van der Waals surface area (Å²) in [5, 5.41) is 0. The summed E-state index contributed by atoms with van der Waals surface area (Å²) >= 11 is 0. The summed E-state index contributed by atoms with van der Waals surface area (Å²) < 4.78 is 32.3. The third kappa shape index (κ3) is 4.77. The standard InChI is InChI=1S/C27H48O5Si2/c1-11-23(31-33(8,9)10)27-18-26(19-30-26)21(24(27)29-20-28-7)16-17-22(27)25(6,12-2)32-34(13-3,14-4)15-5/h2,11,21-24H,1,13-20H2,3-10H3. The monoisotopic (exact) mass is 508 g/mol. The molecule has 5 nitrogen and oxygen atoms in total. The molecule has 1 heterocycles. The zero-order valence-electron chi connectivity index (χ0n) is 22.9. The van der Waals surface area contributed by atoms with Gasteiger partial charge < -0.3 is 23.1 Å². The molecule has 2 aliphatic carbocycles. The molecule has 3 fully saturated rings. The largest absolute Gasteiger partial charge is 0.411 e. The minimum absolute atomic E-state index is 0.0718. The van der Waals surface area contributed by atoms with Gasteiger partial charge in [0.2, 0.25) is 0 Å². The SMILES string of the molecule is C#CC(C)(O[Si](CC)(CC)CC)C1CCC2C(OCOC)C1(C(C=C)O[Si](C)(C)C)CC21CO1. The van der Waals surface area contributed by atoms with Crippen LogP contribution in [0.15, 0.2) is 12.7 Å². The normalized spacial score (nSPS) is 35.6. The topological polar surface area (TPSA) is 49.5 Å². The average molecular weight is 509 g/mol. The Balaban J connectivity index is 2.16. The summed E-state index contributed by atoms with van der Waals surface area (Å²) in [6.07, 6.45) is 11.0. The first kappa shape index (κ1) is 28.1. The highest BCUT2D eigenvalue weighted by Gasteiger charge is 2.76. The highest BCUT2D eigenvalue weighted by Crippen LogP contribution is 2.69. The Bertz CT molecular complexity index is 758. The van der Waals surface area contributed by atoms with Gasteiger partial charge in [0, 0.05) is 24.4 Å². The van der Waals surface area contributed by atoms with Gasteiger partial charge in [-0.2, -0.15) is 0 Å². The number of hydrogen-bond donors (Lipinski definition) is 0. The molecule has 7 unspecified atom stereocenters. The van der Waals surface area contributed by atoms with E-state index < -0.39 is 22.2 Å². The highest BCUT2D eigenvalue weighted by molar-refractivity contribution is 6.73. The molecule has 0 amide bonds. The van der Waals surface area contributed by atoms with Crippen LogP contribution in [0.3, 0.4) is 0 Å². The van der Waals surface area contributed by atoms with E-state index >= 15 is 0 Å². The van der Waals surface area contributed by atoms with E-state index in [-0.39, 0.29) is 35.9 Å². The molecule has 3 aliphatic rings. The van der Waals surface area contributed by atoms with Crippen molar-refractivity contribution < 1.29 is 23.1 Å². The maximum Gasteiger partial charge on any atom is 0.194 e. The predicted octanol–water partition coefficient (Wildman–Crippen LogP) is 5.98. The molecular formula is C27H48O5Si2. The van der Waals surface area contributed by atoms with Gasteiger partial charge >= 0.3 is 0 Å². The molecule has 194 valence electrons. The van der Waals surface area contributed by atoms with Crippen molar-refractivity contribution in [3.63, 3.8) is 0 Å². The van der Waals surface area contributed by atoms with Crippen molar-refractivity contribution in [2.45, 2.75) is 108 Å². The van der Waals surface area contributed by atoms with E-state index in [9.17, 15) is 0 Å². The van der Waals surface area contributed by atoms with Gasteiger partial charge in [0.25, 0.3) is 0 Å². The summed E-state index contributed by atoms with van der Waals surface area (Å²) in [4.78, 5) is 0. The van der Waals surface area contributed by atoms with E-state index in [2.05, 4.69) is 59.8 Å². The van der Waals surface area contributed by atoms with Crippen LogP contribution in [0.25, 0.3) is 0 Å². The van der Waals surface area contributed by atoms with Gasteiger partial charge in [0.15, 0.2) is 16.6 Å². The van der Waals surface area contributed by atoms with Crippen LogP contribution in [0.1, 0.15) is 47.0 Å². The molecule has 3 rings (SSSR count). The lowest BCUT2D eigenvalue weighted by molar-refractivity contribution is -0.193. The second kappa shape index (κ2) is 10.1. The third-order valence-corrected chi connectivity index (χ3v) is 14.7. The Labute approximate surface area is 210 Å². The van der Waals surface area contributed by atoms with Crippen LogP contribution in [0.4, 0.5) is 0 Å². The first-order chi connectivity index (χ1) is 15.9. The van der Waals surface area contributed by atoms with Gasteiger partial charge in [0.05, 0.1) is 24.4 Å². The van der Waals surface area contributed by atoms with Crippen LogP contribution in [0.2, 0.25) is 37.8 Å². The summed E-state index contributed by atoms with van der Waals surface area (Å²) in [7, 11) is -2.20. The number of rotatable bonds is 13. The lowest BCUT2D eigenvalue weighted by Gasteiger charge is -2.56. The number of terminal acetylenes is 1. The maximum atomic E-state index is 7.20. The minimum atomic E-state index is -1.98. The fraction of sp³-hybridized carbons (Fsp3) is 0.852. The van der Waals surface area contributed by atoms with Crippen molar-refractivity contribution >= 4 is 16.6 Å². The lowest BCUT2D eigenvalue weighted by Crippen LogP contribution is -2.62. The lowest BCUT2D eigenvalue weighted by atomic mass is 9.57. The molecular weight excluding hydrogens is 460 g/mol. The fourth-order valence-electron chi connectivity index (χ4n) is 7.20. The van der Waals surface area contributed by atoms with Crippen molar-refractivity contribution in [1.82, 2.24) is 0 Å². The van der Waals surface area contributed by atoms with Crippen LogP contribution in [-0.4, -0.2) is 60.6 Å². The van der Waals surface area contributed by atoms with Gasteiger partial charge in [0.1, 0.15) is 12.4 Å². The van der Waals surface area contributed by atoms with Gasteiger partial charge in [-0.3, -0.25) is 0 Å². The Morgan fingerprint density at radius 2 is 1.82 bits per heavy atom. The summed E-state index contributed by atoms with van der Waals surface area (Å²) in [5.41, 5.74) is -1.24. The number of ether oxygens (including phenoxy) is 3. The van der Waals surface area contributed by atoms with Crippen molar-refractivity contribution in [2.24, 2.45) is 17.3 Å². The molecule has 1 aliphatic heterocycles. The van der Waals surface area contributed by atoms with Crippen molar-refractivity contribution in [2.75, 3.05) is 20.5 Å². The van der Waals surface area contributed by atoms with E-state index in [4.69, 9.17) is 29.5 Å². The Hall–Kier alpha value is -0.466. The Morgan fingerprint density at radius 3 is 2.26 bits per heavy atom. The van der Waals surface area contributed by atoms with E-state index in [1.54, 1.807) is 7.11 Å². The Kier molecular flexibility index (Phi) is 8.37. The molecule has 2 saturated carbocycles. The quantitative estimate of drug-likeness (QED) is 0.101. The van der Waals surface area contributed by atoms with Crippen LogP contribution >= 0.6 is 0 Å². The van der Waals surface area contributed by atoms with Gasteiger partial charge in [-0.05, 0) is 64.0 Å². The molecule has 0 aromatic heterocycles. The summed E-state index contributed by atoms with van der Waals surface area (Å²) in [6, 6.07) is 3.19. The van der Waals surface area contributed by atoms with Crippen LogP contribution in [0.5, 0.6) is 0 Å². The average Bonchev–Trinajstić information content (AvgIpc) is 3.56. The molecule has 1 spiro atoms. The van der Waals surface area contributed by atoms with Gasteiger partial charge in [-0.25, -0.2) is 0 Å². The molecule has 34 heavy (non-hydrogen) atoms. The third-order valence-electron chi connectivity index (χ3n) is 9.01. The second-order valence-electron chi connectivity index (χ2n) is 11.9. The molecule has 7 atom stereocenters. The molecule has 0 aromatic rings. The first-order valence-electron chi connectivity index (χ1n) is 13.2. The number of methoxy groups -OCH3 is 1. The van der Waals surface area contributed by atoms with Gasteiger partial charge in [-0.15, -0.1) is 13.0 Å². The molecule has 2 bridgehead atoms. The van der Waals surface area contributed by atoms with Gasteiger partial charge in [-0.1, -0.05) is 32.8 Å². The van der Waals surface area contributed by atoms with Crippen molar-refractivity contribution in [3.8, 4) is 12.3 Å². The maximum absolute atomic E-state index is 7.20. The molecule has 0 N–H and O–H groups in total. The Morgan fingerprint density at radius 1 is 1.21 bits per heavy atom. The molecule has 0 aromatic carbocycles. The molecule has 7 heteroatoms. The van der Waals surface area contributed by atoms with Crippen LogP contribution in [-0.2, 0) is 23.1 Å². The molecule has 0 radical (unpaired) electrons. The fourth-order valence-corrected chi connectivity index (χ4v) is 11.3. The van der Waals surface area contributed by atoms with E-state index in [0.29, 0.717) is 5.92 Å². The number of epoxide rings is 1. The minimum Gasteiger partial charge on any atom is -0.411 e. The summed E-state index contributed by atoms with van der Waals surface area (Å²) in [6.45, 7) is 20.9. The van der Waals surface area contributed by atoms with Crippen LogP contribution < -0.4 is 0 Å². The smallest absolute Gasteiger partial charge is 0.194 e. The van der Waals surface area contributed by atoms with E-state index in [1.165, 1.54) is 0 Å². The summed E-state index contributed by atoms with van der Waals surface area (Å²) in [5.74, 6) is 3.56. The predicted molar refractivity (Wildman–Crippen MR) is 143 cm³/mol. The van der Waals surface area contributed by atoms with E-state index in [1.807, 2.05) is 6.08 Å². The second-order valence-corrected chi connectivity index (χ2v) is 21.0. The van der Waals surface area contributed by atoms with Crippen molar-refractivity contribution in [3.05, 3.63) is 12.7 Å². The zero-order chi connectivity index (χ0) is 25.4. The highest BCUT2D eigenvalue weighted by atomic mass is 28.4. The van der Waals surface area contributed by atoms with Crippen molar-refractivity contribution in [1.29, 1.82) is 0 Å². The molecule has 1 saturated heterocycles. The van der Waals surface area contributed by atoms with Crippen LogP contribution in [0, 0.1) is 29.6 Å². The zero-order valence-corrected chi connectivity index (χ0v) is 24.9. The van der Waals surface area contributed by atoms with E-state index in [0.717, 1.165) is 44.0 Å². The first-order valence-corrected chi connectivity index (χ1v) is 19.1. The number of hydrogen-bond acceptors (Lipinski definition) is 5. The number of fused-ring (bicyclic) bond motifs is 3.